The fourth-order valence-corrected chi connectivity index (χ4v) is 4.89. The molecule has 0 aliphatic heterocycles. The predicted octanol–water partition coefficient (Wildman–Crippen LogP) is 2.62. The Morgan fingerprint density at radius 1 is 1.21 bits per heavy atom. The highest BCUT2D eigenvalue weighted by Gasteiger charge is 2.55. The Morgan fingerprint density at radius 2 is 1.74 bits per heavy atom. The van der Waals surface area contributed by atoms with Crippen LogP contribution in [0.1, 0.15) is 38.5 Å². The quantitative estimate of drug-likeness (QED) is 0.630. The van der Waals surface area contributed by atoms with Gasteiger partial charge in [-0.15, -0.1) is 4.91 Å². The van der Waals surface area contributed by atoms with Crippen molar-refractivity contribution in [1.29, 1.82) is 0 Å². The van der Waals surface area contributed by atoms with Crippen LogP contribution in [-0.4, -0.2) is 29.8 Å². The lowest BCUT2D eigenvalue weighted by Crippen LogP contribution is -2.61. The fourth-order valence-electron chi connectivity index (χ4n) is 4.89. The zero-order chi connectivity index (χ0) is 13.5. The summed E-state index contributed by atoms with van der Waals surface area (Å²) in [5.41, 5.74) is -0.392. The number of amides is 2. The van der Waals surface area contributed by atoms with Gasteiger partial charge in [-0.05, 0) is 56.3 Å². The maximum atomic E-state index is 12.1. The second kappa shape index (κ2) is 4.72. The average molecular weight is 269 g/mol. The number of nitrogens with one attached hydrogen (secondary N) is 1. The van der Waals surface area contributed by atoms with Crippen LogP contribution in [0.15, 0.2) is 5.29 Å². The van der Waals surface area contributed by atoms with Crippen molar-refractivity contribution in [3.63, 3.8) is 0 Å². The summed E-state index contributed by atoms with van der Waals surface area (Å²) in [6, 6.07) is -0.533. The van der Waals surface area contributed by atoms with E-state index >= 15 is 0 Å². The zero-order valence-electron chi connectivity index (χ0n) is 11.0. The lowest BCUT2D eigenvalue weighted by molar-refractivity contribution is -0.0705. The molecule has 0 aromatic heterocycles. The number of nitroso groups, excluding NO2 is 1. The number of carbonyl (C=O) groups excluding carboxylic acids is 1. The number of alkyl halides is 1. The average Bonchev–Trinajstić information content (AvgIpc) is 2.35. The van der Waals surface area contributed by atoms with Crippen LogP contribution in [0.2, 0.25) is 0 Å². The maximum absolute atomic E-state index is 12.1. The molecule has 4 aliphatic carbocycles. The van der Waals surface area contributed by atoms with E-state index in [9.17, 15) is 14.1 Å². The fraction of sp³-hybridized carbons (Fsp3) is 0.923. The van der Waals surface area contributed by atoms with Gasteiger partial charge in [-0.3, -0.25) is 0 Å². The molecule has 6 heteroatoms. The highest BCUT2D eigenvalue weighted by atomic mass is 19.1. The summed E-state index contributed by atoms with van der Waals surface area (Å²) in [7, 11) is 0. The van der Waals surface area contributed by atoms with Crippen LogP contribution in [0.25, 0.3) is 0 Å². The van der Waals surface area contributed by atoms with E-state index in [0.29, 0.717) is 17.8 Å². The molecule has 4 bridgehead atoms. The first-order valence-electron chi connectivity index (χ1n) is 7.14. The van der Waals surface area contributed by atoms with Crippen molar-refractivity contribution in [1.82, 2.24) is 10.3 Å². The first kappa shape index (κ1) is 12.8. The Morgan fingerprint density at radius 3 is 2.16 bits per heavy atom. The summed E-state index contributed by atoms with van der Waals surface area (Å²) in [5.74, 6) is 1.89. The molecule has 0 unspecified atom stereocenters. The van der Waals surface area contributed by atoms with Gasteiger partial charge in [0.2, 0.25) is 0 Å². The second-order valence-corrected chi connectivity index (χ2v) is 6.46. The molecule has 0 aromatic carbocycles. The Bertz CT molecular complexity index is 353. The summed E-state index contributed by atoms with van der Waals surface area (Å²) < 4.78 is 12.1. The van der Waals surface area contributed by atoms with Gasteiger partial charge >= 0.3 is 6.03 Å². The summed E-state index contributed by atoms with van der Waals surface area (Å²) in [4.78, 5) is 23.1. The number of nitrogens with zero attached hydrogens (tertiary/aromatic N) is 2. The van der Waals surface area contributed by atoms with Gasteiger partial charge in [0.05, 0.1) is 10.8 Å². The third kappa shape index (κ3) is 2.11. The van der Waals surface area contributed by atoms with Gasteiger partial charge in [-0.25, -0.2) is 9.18 Å². The van der Waals surface area contributed by atoms with E-state index in [1.165, 1.54) is 19.3 Å². The van der Waals surface area contributed by atoms with Gasteiger partial charge in [-0.1, -0.05) is 0 Å². The van der Waals surface area contributed by atoms with E-state index in [4.69, 9.17) is 0 Å². The molecule has 0 aromatic rings. The van der Waals surface area contributed by atoms with Crippen molar-refractivity contribution in [2.75, 3.05) is 13.2 Å². The molecule has 0 heterocycles. The summed E-state index contributed by atoms with van der Waals surface area (Å²) >= 11 is 0. The maximum Gasteiger partial charge on any atom is 0.341 e. The summed E-state index contributed by atoms with van der Waals surface area (Å²) in [5, 5.41) is 6.50. The van der Waals surface area contributed by atoms with Crippen LogP contribution in [-0.2, 0) is 0 Å². The topological polar surface area (TPSA) is 61.8 Å². The molecule has 19 heavy (non-hydrogen) atoms. The van der Waals surface area contributed by atoms with Gasteiger partial charge in [0.25, 0.3) is 0 Å². The molecular formula is C13H20FN3O2. The Hall–Kier alpha value is -1.20. The van der Waals surface area contributed by atoms with E-state index in [2.05, 4.69) is 10.6 Å². The Kier molecular flexibility index (Phi) is 3.19. The molecule has 106 valence electrons. The summed E-state index contributed by atoms with van der Waals surface area (Å²) in [6.45, 7) is -0.684. The largest absolute Gasteiger partial charge is 0.341 e. The van der Waals surface area contributed by atoms with Crippen molar-refractivity contribution in [2.45, 2.75) is 44.1 Å². The van der Waals surface area contributed by atoms with E-state index in [1.54, 1.807) is 0 Å². The van der Waals surface area contributed by atoms with Crippen molar-refractivity contribution in [3.05, 3.63) is 4.91 Å². The number of carbonyl (C=O) groups is 1. The monoisotopic (exact) mass is 269 g/mol. The molecule has 2 amide bonds. The third-order valence-corrected chi connectivity index (χ3v) is 5.10. The first-order chi connectivity index (χ1) is 9.16. The van der Waals surface area contributed by atoms with Gasteiger partial charge in [-0.2, -0.15) is 5.01 Å². The van der Waals surface area contributed by atoms with E-state index in [-0.39, 0.29) is 6.54 Å². The van der Waals surface area contributed by atoms with Crippen LogP contribution >= 0.6 is 0 Å². The number of rotatable bonds is 4. The van der Waals surface area contributed by atoms with Crippen LogP contribution in [0.4, 0.5) is 9.18 Å². The Labute approximate surface area is 111 Å². The van der Waals surface area contributed by atoms with Crippen LogP contribution in [0.3, 0.4) is 0 Å². The van der Waals surface area contributed by atoms with E-state index < -0.39 is 18.2 Å². The minimum Gasteiger partial charge on any atom is -0.334 e. The van der Waals surface area contributed by atoms with Gasteiger partial charge in [0.1, 0.15) is 6.67 Å². The molecule has 4 fully saturated rings. The first-order valence-corrected chi connectivity index (χ1v) is 7.14. The zero-order valence-corrected chi connectivity index (χ0v) is 11.0. The van der Waals surface area contributed by atoms with Gasteiger partial charge in [0.15, 0.2) is 0 Å². The lowest BCUT2D eigenvalue weighted by atomic mass is 9.53. The number of halogens is 1. The molecule has 1 N–H and O–H groups in total. The van der Waals surface area contributed by atoms with E-state index in [1.807, 2.05) is 0 Å². The molecule has 4 rings (SSSR count). The summed E-state index contributed by atoms with van der Waals surface area (Å²) in [6.07, 6.45) is 6.35. The minimum atomic E-state index is -0.626. The molecule has 0 spiro atoms. The molecule has 4 saturated carbocycles. The molecular weight excluding hydrogens is 249 g/mol. The van der Waals surface area contributed by atoms with Crippen molar-refractivity contribution in [3.8, 4) is 0 Å². The molecule has 4 aliphatic rings. The van der Waals surface area contributed by atoms with Crippen molar-refractivity contribution in [2.24, 2.45) is 23.0 Å². The van der Waals surface area contributed by atoms with Crippen molar-refractivity contribution < 1.29 is 9.18 Å². The lowest BCUT2D eigenvalue weighted by Gasteiger charge is -2.57. The molecule has 0 saturated heterocycles. The second-order valence-electron chi connectivity index (χ2n) is 6.46. The number of hydrogen-bond acceptors (Lipinski definition) is 3. The number of hydrogen-bond donors (Lipinski definition) is 1. The van der Waals surface area contributed by atoms with Gasteiger partial charge < -0.3 is 5.32 Å². The normalized spacial score (nSPS) is 39.1. The third-order valence-electron chi connectivity index (χ3n) is 5.10. The molecule has 0 atom stereocenters. The molecule has 5 nitrogen and oxygen atoms in total. The van der Waals surface area contributed by atoms with Crippen LogP contribution in [0.5, 0.6) is 0 Å². The minimum absolute atomic E-state index is 0.0583. The highest BCUT2D eigenvalue weighted by Crippen LogP contribution is 2.57. The van der Waals surface area contributed by atoms with Crippen LogP contribution in [0, 0.1) is 22.7 Å². The smallest absolute Gasteiger partial charge is 0.334 e. The van der Waals surface area contributed by atoms with Gasteiger partial charge in [0, 0.05) is 6.54 Å². The molecule has 0 radical (unpaired) electrons. The number of urea groups is 1. The highest BCUT2D eigenvalue weighted by molar-refractivity contribution is 5.74. The predicted molar refractivity (Wildman–Crippen MR) is 67.9 cm³/mol. The Balaban J connectivity index is 1.78. The van der Waals surface area contributed by atoms with Crippen molar-refractivity contribution >= 4 is 6.03 Å². The standard InChI is InChI=1S/C13H20FN3O2/c14-1-2-15-12(18)17(16-19)13-6-9-3-10(7-13)5-11(4-9)8-13/h9-11H,1-8H2,(H,15,18). The van der Waals surface area contributed by atoms with Crippen LogP contribution < -0.4 is 5.32 Å². The SMILES string of the molecule is O=NN(C(=O)NCCF)C12CC3CC(CC(C3)C1)C2. The van der Waals surface area contributed by atoms with E-state index in [0.717, 1.165) is 24.3 Å².